The Hall–Kier alpha value is -2.41. The molecule has 26 heavy (non-hydrogen) atoms. The van der Waals surface area contributed by atoms with Crippen molar-refractivity contribution in [3.05, 3.63) is 50.6 Å². The van der Waals surface area contributed by atoms with Crippen LogP contribution in [0.4, 0.5) is 5.69 Å². The van der Waals surface area contributed by atoms with E-state index in [1.54, 1.807) is 36.6 Å². The first-order chi connectivity index (χ1) is 12.5. The smallest absolute Gasteiger partial charge is 0.307 e. The predicted molar refractivity (Wildman–Crippen MR) is 103 cm³/mol. The zero-order valence-electron chi connectivity index (χ0n) is 14.8. The summed E-state index contributed by atoms with van der Waals surface area (Å²) < 4.78 is 1.44. The molecule has 0 unspecified atom stereocenters. The van der Waals surface area contributed by atoms with Crippen LogP contribution in [-0.4, -0.2) is 22.4 Å². The molecule has 0 spiro atoms. The van der Waals surface area contributed by atoms with Crippen LogP contribution in [0.3, 0.4) is 0 Å². The summed E-state index contributed by atoms with van der Waals surface area (Å²) in [5.74, 6) is -0.344. The number of benzene rings is 1. The van der Waals surface area contributed by atoms with Crippen LogP contribution in [-0.2, 0) is 11.3 Å². The molecule has 0 saturated heterocycles. The first-order valence-electron chi connectivity index (χ1n) is 8.88. The molecule has 1 aliphatic rings. The van der Waals surface area contributed by atoms with Crippen LogP contribution in [0, 0.1) is 6.92 Å². The van der Waals surface area contributed by atoms with E-state index in [0.717, 1.165) is 29.9 Å². The Morgan fingerprint density at radius 1 is 1.15 bits per heavy atom. The standard InChI is InChI=1S/C19H23N3O3S/c1-13-12-26-19(25)22(13)11-17(23)20-16-9-7-14(8-10-16)18(24)21-15-5-3-2-4-6-15/h7-10,12,15H,2-6,11H2,1H3,(H,20,23)(H,21,24). The first kappa shape index (κ1) is 18.4. The highest BCUT2D eigenvalue weighted by atomic mass is 32.1. The lowest BCUT2D eigenvalue weighted by Crippen LogP contribution is -2.36. The van der Waals surface area contributed by atoms with Gasteiger partial charge in [-0.2, -0.15) is 0 Å². The van der Waals surface area contributed by atoms with Gasteiger partial charge in [-0.15, -0.1) is 0 Å². The lowest BCUT2D eigenvalue weighted by Gasteiger charge is -2.22. The van der Waals surface area contributed by atoms with E-state index in [1.165, 1.54) is 23.8 Å². The molecule has 1 heterocycles. The summed E-state index contributed by atoms with van der Waals surface area (Å²) in [5.41, 5.74) is 1.95. The molecule has 7 heteroatoms. The van der Waals surface area contributed by atoms with Crippen molar-refractivity contribution < 1.29 is 9.59 Å². The molecule has 2 N–H and O–H groups in total. The second-order valence-corrected chi connectivity index (χ2v) is 7.48. The number of nitrogens with zero attached hydrogens (tertiary/aromatic N) is 1. The van der Waals surface area contributed by atoms with Gasteiger partial charge in [0, 0.05) is 28.4 Å². The third-order valence-corrected chi connectivity index (χ3v) is 5.53. The van der Waals surface area contributed by atoms with E-state index in [-0.39, 0.29) is 29.3 Å². The number of thiazole rings is 1. The van der Waals surface area contributed by atoms with Gasteiger partial charge in [0.1, 0.15) is 6.54 Å². The highest BCUT2D eigenvalue weighted by Gasteiger charge is 2.16. The lowest BCUT2D eigenvalue weighted by molar-refractivity contribution is -0.116. The number of carbonyl (C=O) groups excluding carboxylic acids is 2. The minimum atomic E-state index is -0.270. The first-order valence-corrected chi connectivity index (χ1v) is 9.76. The number of nitrogens with one attached hydrogen (secondary N) is 2. The lowest BCUT2D eigenvalue weighted by atomic mass is 9.95. The van der Waals surface area contributed by atoms with E-state index in [9.17, 15) is 14.4 Å². The van der Waals surface area contributed by atoms with Gasteiger partial charge in [-0.25, -0.2) is 0 Å². The van der Waals surface area contributed by atoms with Gasteiger partial charge in [0.25, 0.3) is 5.91 Å². The zero-order chi connectivity index (χ0) is 18.5. The molecule has 0 atom stereocenters. The quantitative estimate of drug-likeness (QED) is 0.846. The molecule has 0 bridgehead atoms. The van der Waals surface area contributed by atoms with Crippen molar-refractivity contribution in [1.82, 2.24) is 9.88 Å². The van der Waals surface area contributed by atoms with Crippen molar-refractivity contribution in [2.75, 3.05) is 5.32 Å². The molecule has 1 aliphatic carbocycles. The maximum Gasteiger partial charge on any atom is 0.307 e. The van der Waals surface area contributed by atoms with Gasteiger partial charge in [-0.1, -0.05) is 30.6 Å². The number of aromatic nitrogens is 1. The summed E-state index contributed by atoms with van der Waals surface area (Å²) >= 11 is 1.08. The summed E-state index contributed by atoms with van der Waals surface area (Å²) in [6, 6.07) is 7.09. The molecule has 1 saturated carbocycles. The summed E-state index contributed by atoms with van der Waals surface area (Å²) in [4.78, 5) is 35.9. The third kappa shape index (κ3) is 4.60. The summed E-state index contributed by atoms with van der Waals surface area (Å²) in [5, 5.41) is 7.56. The van der Waals surface area contributed by atoms with Crippen molar-refractivity contribution in [3.8, 4) is 0 Å². The average molecular weight is 373 g/mol. The van der Waals surface area contributed by atoms with Crippen molar-refractivity contribution >= 4 is 28.8 Å². The Morgan fingerprint density at radius 3 is 2.46 bits per heavy atom. The second-order valence-electron chi connectivity index (χ2n) is 6.66. The number of hydrogen-bond acceptors (Lipinski definition) is 4. The number of hydrogen-bond donors (Lipinski definition) is 2. The minimum absolute atomic E-state index is 0.0158. The fourth-order valence-corrected chi connectivity index (χ4v) is 3.90. The Balaban J connectivity index is 1.56. The molecule has 1 fully saturated rings. The van der Waals surface area contributed by atoms with Gasteiger partial charge >= 0.3 is 4.87 Å². The van der Waals surface area contributed by atoms with Crippen LogP contribution in [0.2, 0.25) is 0 Å². The molecule has 2 amide bonds. The summed E-state index contributed by atoms with van der Waals surface area (Å²) in [6.45, 7) is 1.78. The van der Waals surface area contributed by atoms with Crippen molar-refractivity contribution in [2.45, 2.75) is 51.6 Å². The molecule has 3 rings (SSSR count). The van der Waals surface area contributed by atoms with Gasteiger partial charge in [-0.3, -0.25) is 19.0 Å². The molecule has 2 aromatic rings. The van der Waals surface area contributed by atoms with Crippen LogP contribution < -0.4 is 15.5 Å². The number of rotatable bonds is 5. The van der Waals surface area contributed by atoms with Crippen LogP contribution in [0.1, 0.15) is 48.2 Å². The molecule has 138 valence electrons. The molecule has 1 aromatic carbocycles. The predicted octanol–water partition coefficient (Wildman–Crippen LogP) is 2.92. The van der Waals surface area contributed by atoms with Crippen LogP contribution in [0.25, 0.3) is 0 Å². The maximum absolute atomic E-state index is 12.3. The Labute approximate surface area is 156 Å². The monoisotopic (exact) mass is 373 g/mol. The van der Waals surface area contributed by atoms with E-state index < -0.39 is 0 Å². The Bertz CT molecular complexity index is 832. The van der Waals surface area contributed by atoms with Crippen molar-refractivity contribution in [2.24, 2.45) is 0 Å². The number of amides is 2. The SMILES string of the molecule is Cc1csc(=O)n1CC(=O)Nc1ccc(C(=O)NC2CCCCC2)cc1. The van der Waals surface area contributed by atoms with Gasteiger partial charge in [0.2, 0.25) is 5.91 Å². The Morgan fingerprint density at radius 2 is 1.85 bits per heavy atom. The minimum Gasteiger partial charge on any atom is -0.349 e. The fraction of sp³-hybridized carbons (Fsp3) is 0.421. The van der Waals surface area contributed by atoms with Crippen LogP contribution in [0.15, 0.2) is 34.4 Å². The second kappa shape index (κ2) is 8.31. The highest BCUT2D eigenvalue weighted by molar-refractivity contribution is 7.07. The molecule has 0 radical (unpaired) electrons. The molecule has 1 aromatic heterocycles. The number of aryl methyl sites for hydroxylation is 1. The van der Waals surface area contributed by atoms with E-state index in [4.69, 9.17) is 0 Å². The van der Waals surface area contributed by atoms with E-state index in [1.807, 2.05) is 0 Å². The van der Waals surface area contributed by atoms with E-state index >= 15 is 0 Å². The van der Waals surface area contributed by atoms with E-state index in [0.29, 0.717) is 11.3 Å². The van der Waals surface area contributed by atoms with E-state index in [2.05, 4.69) is 10.6 Å². The largest absolute Gasteiger partial charge is 0.349 e. The topological polar surface area (TPSA) is 80.2 Å². The normalized spacial score (nSPS) is 14.8. The molecular formula is C19H23N3O3S. The van der Waals surface area contributed by atoms with Crippen molar-refractivity contribution in [1.29, 1.82) is 0 Å². The average Bonchev–Trinajstić information content (AvgIpc) is 2.95. The number of carbonyl (C=O) groups is 2. The molecule has 0 aliphatic heterocycles. The maximum atomic E-state index is 12.3. The van der Waals surface area contributed by atoms with Crippen LogP contribution >= 0.6 is 11.3 Å². The van der Waals surface area contributed by atoms with Crippen LogP contribution in [0.5, 0.6) is 0 Å². The summed E-state index contributed by atoms with van der Waals surface area (Å²) in [6.07, 6.45) is 5.67. The number of anilines is 1. The van der Waals surface area contributed by atoms with Crippen molar-refractivity contribution in [3.63, 3.8) is 0 Å². The summed E-state index contributed by atoms with van der Waals surface area (Å²) in [7, 11) is 0. The fourth-order valence-electron chi connectivity index (χ4n) is 3.16. The van der Waals surface area contributed by atoms with Gasteiger partial charge in [0.15, 0.2) is 0 Å². The third-order valence-electron chi connectivity index (χ3n) is 4.65. The van der Waals surface area contributed by atoms with Gasteiger partial charge in [-0.05, 0) is 44.0 Å². The highest BCUT2D eigenvalue weighted by Crippen LogP contribution is 2.18. The molecular weight excluding hydrogens is 350 g/mol. The van der Waals surface area contributed by atoms with Gasteiger partial charge < -0.3 is 10.6 Å². The zero-order valence-corrected chi connectivity index (χ0v) is 15.6. The Kier molecular flexibility index (Phi) is 5.88. The molecule has 6 nitrogen and oxygen atoms in total. The van der Waals surface area contributed by atoms with Gasteiger partial charge in [0.05, 0.1) is 0 Å².